The Bertz CT molecular complexity index is 634. The maximum absolute atomic E-state index is 12.8. The van der Waals surface area contributed by atoms with Gasteiger partial charge in [0.2, 0.25) is 0 Å². The maximum Gasteiger partial charge on any atom is 0.387 e. The van der Waals surface area contributed by atoms with E-state index in [9.17, 15) is 22.7 Å². The molecule has 1 atom stereocenters. The molecular weight excluding hydrogens is 330 g/mol. The van der Waals surface area contributed by atoms with Gasteiger partial charge in [-0.15, -0.1) is 0 Å². The first-order valence-electron chi connectivity index (χ1n) is 7.08. The number of halogens is 4. The third-order valence-electron chi connectivity index (χ3n) is 3.35. The molecule has 0 bridgehead atoms. The number of benzene rings is 1. The number of alkyl halides is 4. The van der Waals surface area contributed by atoms with Gasteiger partial charge in [-0.3, -0.25) is 9.47 Å². The monoisotopic (exact) mass is 347 g/mol. The molecule has 0 aliphatic rings. The lowest BCUT2D eigenvalue weighted by Gasteiger charge is -2.21. The van der Waals surface area contributed by atoms with Crippen LogP contribution in [0.25, 0.3) is 0 Å². The standard InChI is InChI=1S/C15H17F4N3O2/c1-21(9-13-20-6-7-22(13)14(16)17)8-12(23)10-2-4-11(5-3-10)24-15(18)19/h2-7,12,14-15,23H,8-9H2,1H3. The SMILES string of the molecule is CN(Cc1nccn1C(F)F)CC(O)c1ccc(OC(F)F)cc1. The summed E-state index contributed by atoms with van der Waals surface area (Å²) in [6, 6.07) is 5.59. The highest BCUT2D eigenvalue weighted by Gasteiger charge is 2.16. The molecule has 1 aromatic heterocycles. The van der Waals surface area contributed by atoms with E-state index in [4.69, 9.17) is 0 Å². The highest BCUT2D eigenvalue weighted by atomic mass is 19.3. The van der Waals surface area contributed by atoms with Crippen LogP contribution in [0.15, 0.2) is 36.7 Å². The Labute approximate surface area is 136 Å². The van der Waals surface area contributed by atoms with Gasteiger partial charge >= 0.3 is 13.2 Å². The van der Waals surface area contributed by atoms with Gasteiger partial charge in [0, 0.05) is 18.9 Å². The zero-order chi connectivity index (χ0) is 17.7. The fourth-order valence-electron chi connectivity index (χ4n) is 2.22. The molecule has 9 heteroatoms. The Hall–Kier alpha value is -2.13. The molecule has 0 saturated carbocycles. The highest BCUT2D eigenvalue weighted by Crippen LogP contribution is 2.20. The van der Waals surface area contributed by atoms with Gasteiger partial charge in [0.1, 0.15) is 11.6 Å². The number of nitrogens with zero attached hydrogens (tertiary/aromatic N) is 3. The van der Waals surface area contributed by atoms with Gasteiger partial charge in [0.25, 0.3) is 0 Å². The van der Waals surface area contributed by atoms with E-state index in [0.717, 1.165) is 4.57 Å². The first-order chi connectivity index (χ1) is 11.4. The smallest absolute Gasteiger partial charge is 0.387 e. The molecule has 24 heavy (non-hydrogen) atoms. The van der Waals surface area contributed by atoms with Gasteiger partial charge < -0.3 is 9.84 Å². The van der Waals surface area contributed by atoms with Crippen LogP contribution in [0.2, 0.25) is 0 Å². The lowest BCUT2D eigenvalue weighted by molar-refractivity contribution is -0.0498. The molecule has 2 rings (SSSR count). The van der Waals surface area contributed by atoms with Crippen molar-refractivity contribution in [2.24, 2.45) is 0 Å². The van der Waals surface area contributed by atoms with Crippen molar-refractivity contribution >= 4 is 0 Å². The first-order valence-corrected chi connectivity index (χ1v) is 7.08. The van der Waals surface area contributed by atoms with Crippen molar-refractivity contribution < 1.29 is 27.4 Å². The second-order valence-corrected chi connectivity index (χ2v) is 5.19. The Morgan fingerprint density at radius 2 is 1.88 bits per heavy atom. The topological polar surface area (TPSA) is 50.5 Å². The van der Waals surface area contributed by atoms with E-state index in [2.05, 4.69) is 9.72 Å². The van der Waals surface area contributed by atoms with E-state index in [1.165, 1.54) is 36.7 Å². The number of aliphatic hydroxyl groups excluding tert-OH is 1. The van der Waals surface area contributed by atoms with Crippen molar-refractivity contribution in [2.45, 2.75) is 25.8 Å². The lowest BCUT2D eigenvalue weighted by Crippen LogP contribution is -2.26. The van der Waals surface area contributed by atoms with E-state index in [0.29, 0.717) is 5.56 Å². The van der Waals surface area contributed by atoms with E-state index in [1.807, 2.05) is 0 Å². The maximum atomic E-state index is 12.8. The number of ether oxygens (including phenoxy) is 1. The lowest BCUT2D eigenvalue weighted by atomic mass is 10.1. The van der Waals surface area contributed by atoms with Crippen molar-refractivity contribution in [3.05, 3.63) is 48.0 Å². The molecule has 0 amide bonds. The Balaban J connectivity index is 1.93. The van der Waals surface area contributed by atoms with Crippen LogP contribution in [0, 0.1) is 0 Å². The Morgan fingerprint density at radius 1 is 1.21 bits per heavy atom. The van der Waals surface area contributed by atoms with E-state index in [1.54, 1.807) is 11.9 Å². The van der Waals surface area contributed by atoms with Gasteiger partial charge in [-0.05, 0) is 24.7 Å². The molecule has 0 aliphatic heterocycles. The fraction of sp³-hybridized carbons (Fsp3) is 0.400. The number of likely N-dealkylation sites (N-methyl/N-ethyl adjacent to an activating group) is 1. The van der Waals surface area contributed by atoms with Crippen molar-refractivity contribution in [2.75, 3.05) is 13.6 Å². The zero-order valence-corrected chi connectivity index (χ0v) is 12.8. The minimum absolute atomic E-state index is 0.00624. The largest absolute Gasteiger partial charge is 0.435 e. The van der Waals surface area contributed by atoms with Crippen LogP contribution in [0.5, 0.6) is 5.75 Å². The van der Waals surface area contributed by atoms with E-state index in [-0.39, 0.29) is 24.7 Å². The number of rotatable bonds is 8. The third-order valence-corrected chi connectivity index (χ3v) is 3.35. The molecule has 0 spiro atoms. The summed E-state index contributed by atoms with van der Waals surface area (Å²) in [7, 11) is 1.65. The number of hydrogen-bond acceptors (Lipinski definition) is 4. The summed E-state index contributed by atoms with van der Waals surface area (Å²) >= 11 is 0. The molecule has 0 saturated heterocycles. The molecular formula is C15H17F4N3O2. The minimum Gasteiger partial charge on any atom is -0.435 e. The molecule has 1 N–H and O–H groups in total. The predicted molar refractivity (Wildman–Crippen MR) is 77.8 cm³/mol. The summed E-state index contributed by atoms with van der Waals surface area (Å²) in [6.07, 6.45) is 1.56. The highest BCUT2D eigenvalue weighted by molar-refractivity contribution is 5.28. The quantitative estimate of drug-likeness (QED) is 0.746. The second kappa shape index (κ2) is 8.11. The molecule has 0 fully saturated rings. The number of aliphatic hydroxyl groups is 1. The molecule has 1 aromatic carbocycles. The molecule has 0 aliphatic carbocycles. The molecule has 0 radical (unpaired) electrons. The van der Waals surface area contributed by atoms with Crippen LogP contribution >= 0.6 is 0 Å². The van der Waals surface area contributed by atoms with Crippen LogP contribution in [-0.2, 0) is 6.54 Å². The Kier molecular flexibility index (Phi) is 6.16. The molecule has 2 aromatic rings. The second-order valence-electron chi connectivity index (χ2n) is 5.19. The number of aromatic nitrogens is 2. The molecule has 1 unspecified atom stereocenters. The average Bonchev–Trinajstić information content (AvgIpc) is 2.95. The average molecular weight is 347 g/mol. The van der Waals surface area contributed by atoms with Crippen LogP contribution < -0.4 is 4.74 Å². The minimum atomic E-state index is -2.91. The Morgan fingerprint density at radius 3 is 2.46 bits per heavy atom. The van der Waals surface area contributed by atoms with Crippen molar-refractivity contribution in [3.63, 3.8) is 0 Å². The molecule has 132 valence electrons. The zero-order valence-electron chi connectivity index (χ0n) is 12.8. The van der Waals surface area contributed by atoms with E-state index < -0.39 is 19.3 Å². The van der Waals surface area contributed by atoms with Crippen LogP contribution in [-0.4, -0.2) is 39.8 Å². The number of imidazole rings is 1. The van der Waals surface area contributed by atoms with Crippen molar-refractivity contribution in [3.8, 4) is 5.75 Å². The fourth-order valence-corrected chi connectivity index (χ4v) is 2.22. The third kappa shape index (κ3) is 4.93. The molecule has 1 heterocycles. The van der Waals surface area contributed by atoms with Gasteiger partial charge in [-0.2, -0.15) is 17.6 Å². The van der Waals surface area contributed by atoms with Gasteiger partial charge in [0.15, 0.2) is 0 Å². The first kappa shape index (κ1) is 18.2. The van der Waals surface area contributed by atoms with Gasteiger partial charge in [-0.25, -0.2) is 4.98 Å². The molecule has 5 nitrogen and oxygen atoms in total. The van der Waals surface area contributed by atoms with Crippen LogP contribution in [0.3, 0.4) is 0 Å². The summed E-state index contributed by atoms with van der Waals surface area (Å²) in [6.45, 7) is -5.31. The van der Waals surface area contributed by atoms with Crippen molar-refractivity contribution in [1.29, 1.82) is 0 Å². The summed E-state index contributed by atoms with van der Waals surface area (Å²) in [5, 5.41) is 10.2. The summed E-state index contributed by atoms with van der Waals surface area (Å²) < 4.78 is 54.7. The number of hydrogen-bond donors (Lipinski definition) is 1. The summed E-state index contributed by atoms with van der Waals surface area (Å²) in [4.78, 5) is 5.50. The van der Waals surface area contributed by atoms with E-state index >= 15 is 0 Å². The predicted octanol–water partition coefficient (Wildman–Crippen LogP) is 3.05. The summed E-state index contributed by atoms with van der Waals surface area (Å²) in [5.41, 5.74) is 0.501. The van der Waals surface area contributed by atoms with Crippen LogP contribution in [0.4, 0.5) is 17.6 Å². The van der Waals surface area contributed by atoms with Gasteiger partial charge in [-0.1, -0.05) is 12.1 Å². The van der Waals surface area contributed by atoms with Crippen molar-refractivity contribution in [1.82, 2.24) is 14.5 Å². The summed E-state index contributed by atoms with van der Waals surface area (Å²) in [5.74, 6) is 0.175. The normalized spacial score (nSPS) is 13.0. The van der Waals surface area contributed by atoms with Gasteiger partial charge in [0.05, 0.1) is 12.6 Å². The van der Waals surface area contributed by atoms with Crippen LogP contribution in [0.1, 0.15) is 24.0 Å².